The van der Waals surface area contributed by atoms with Gasteiger partial charge in [-0.1, -0.05) is 159 Å². The Labute approximate surface area is 677 Å². The molecule has 14 atom stereocenters. The first-order valence-electron chi connectivity index (χ1n) is 38.0. The Bertz CT molecular complexity index is 3980. The first-order valence-corrected chi connectivity index (χ1v) is 44.5. The van der Waals surface area contributed by atoms with E-state index in [-0.39, 0.29) is 132 Å². The number of phosphoric ester groups is 2. The maximum absolute atomic E-state index is 13.7. The van der Waals surface area contributed by atoms with Crippen molar-refractivity contribution in [1.82, 2.24) is 0 Å². The smallest absolute Gasteiger partial charge is 0.478 e. The molecule has 0 aromatic heterocycles. The van der Waals surface area contributed by atoms with Gasteiger partial charge in [0, 0.05) is 57.5 Å². The van der Waals surface area contributed by atoms with Crippen molar-refractivity contribution in [2.75, 3.05) is 35.9 Å². The fourth-order valence-corrected chi connectivity index (χ4v) is 22.6. The van der Waals surface area contributed by atoms with Crippen LogP contribution in [-0.2, 0) is 97.1 Å². The molecule has 30 heteroatoms. The van der Waals surface area contributed by atoms with Crippen molar-refractivity contribution < 1.29 is 109 Å². The Morgan fingerprint density at radius 2 is 0.830 bits per heavy atom. The van der Waals surface area contributed by atoms with E-state index in [2.05, 4.69) is 19.9 Å². The number of hydrogen-bond donors (Lipinski definition) is 3. The van der Waals surface area contributed by atoms with Crippen molar-refractivity contribution in [2.24, 2.45) is 46.3 Å². The minimum atomic E-state index is -5.61. The highest BCUT2D eigenvalue weighted by Crippen LogP contribution is 2.65. The molecule has 0 radical (unpaired) electrons. The van der Waals surface area contributed by atoms with Gasteiger partial charge in [-0.15, -0.1) is 24.0 Å². The van der Waals surface area contributed by atoms with Crippen molar-refractivity contribution in [1.29, 1.82) is 0 Å². The van der Waals surface area contributed by atoms with Crippen molar-refractivity contribution in [3.8, 4) is 11.5 Å². The Kier molecular flexibility index (Phi) is 33.4. The van der Waals surface area contributed by atoms with E-state index in [9.17, 15) is 76.8 Å². The van der Waals surface area contributed by atoms with Gasteiger partial charge in [0.25, 0.3) is 0 Å². The summed E-state index contributed by atoms with van der Waals surface area (Å²) < 4.78 is 217. The molecule has 0 bridgehead atoms. The van der Waals surface area contributed by atoms with Crippen LogP contribution < -0.4 is 4.74 Å². The van der Waals surface area contributed by atoms with E-state index in [1.807, 2.05) is 146 Å². The summed E-state index contributed by atoms with van der Waals surface area (Å²) >= 11 is 5.49. The number of aliphatic hydroxyl groups excluding tert-OH is 2. The molecule has 0 amide bonds. The van der Waals surface area contributed by atoms with Gasteiger partial charge >= 0.3 is 39.8 Å². The van der Waals surface area contributed by atoms with Crippen LogP contribution in [0, 0.1) is 46.3 Å². The number of aliphatic hydroxyl groups is 2. The lowest BCUT2D eigenvalue weighted by molar-refractivity contribution is -0.284. The number of phenolic OH excluding ortho intramolecular Hbond substituents is 1. The lowest BCUT2D eigenvalue weighted by Gasteiger charge is -2.53. The van der Waals surface area contributed by atoms with Crippen LogP contribution in [0.1, 0.15) is 173 Å². The molecule has 3 N–H and O–H groups in total. The minimum Gasteiger partial charge on any atom is -0.508 e. The van der Waals surface area contributed by atoms with E-state index in [1.54, 1.807) is 6.07 Å². The molecule has 0 saturated heterocycles. The summed E-state index contributed by atoms with van der Waals surface area (Å²) in [5.41, 5.74) is 7.79. The largest absolute Gasteiger partial charge is 0.508 e. The van der Waals surface area contributed by atoms with Crippen molar-refractivity contribution >= 4 is 72.8 Å². The summed E-state index contributed by atoms with van der Waals surface area (Å²) in [6.45, 7) is 4.26. The number of rotatable bonds is 34. The molecule has 4 fully saturated rings. The van der Waals surface area contributed by atoms with Crippen LogP contribution in [0.15, 0.2) is 158 Å². The second kappa shape index (κ2) is 40.9. The fraction of sp³-hybridized carbons (Fsp3) is 0.561. The van der Waals surface area contributed by atoms with Gasteiger partial charge in [0.2, 0.25) is 0 Å². The molecule has 12 rings (SSSR count). The lowest BCUT2D eigenvalue weighted by atomic mass is 9.52. The molecular weight excluding hydrogens is 1690 g/mol. The molecule has 2 unspecified atom stereocenters. The topological polar surface area (TPSA) is 194 Å². The number of phenols is 1. The molecule has 14 nitrogen and oxygen atoms in total. The average molecular weight is 1790 g/mol. The van der Waals surface area contributed by atoms with E-state index in [0.29, 0.717) is 55.1 Å². The van der Waals surface area contributed by atoms with Gasteiger partial charge in [-0.25, -0.2) is 13.7 Å². The third-order valence-electron chi connectivity index (χ3n) is 23.7. The molecule has 4 saturated carbocycles. The molecule has 0 spiro atoms. The van der Waals surface area contributed by atoms with Gasteiger partial charge < -0.3 is 20.1 Å². The standard InChI is InChI=1S/C41H50F5O7PS.C26H35F5O3S.C15H16ClO4P.HI/c1-39-21-19-35-34-16-15-33(50-28-53-54(48,51-26-29-10-4-2-5-11-29)52-27-30-12-6-3-7-13-30)25-32(34)24-31(38(35)36(39)17-18-37(39)47)14-8-22-55(49)23-9-20-40(42,43)41(44,45)46;1-24-11-9-20-19-6-5-18(32)15-17(19)14-16(23(20)21(24)7-8-22(24)33)4-2-12-35(34)13-3-10-25(27,28)26(29,30)31;16-13-20-21(17,18-11-14-7-3-1-4-8-14)19-12-15-9-5-2-6-10-15;/h2-7,10-13,15-16,25,31,35-38,47H,8-9,14,17-24,26-28H2,1H3;5-6,15-16,20-23,32-33H,2-4,7-14H2,1H3;1-10H,11-13H2;1H/t31-,35-,36+,37+,38-,39+,55?;16-,20-,21+,22+,23-,24+,35?;;/m11../s1. The Morgan fingerprint density at radius 3 is 1.21 bits per heavy atom. The zero-order valence-electron chi connectivity index (χ0n) is 62.7. The maximum Gasteiger partial charge on any atom is 0.478 e. The van der Waals surface area contributed by atoms with Gasteiger partial charge in [-0.05, 0) is 230 Å². The molecule has 6 aromatic rings. The molecule has 6 aliphatic rings. The number of benzene rings is 6. The van der Waals surface area contributed by atoms with Crippen LogP contribution in [0.5, 0.6) is 11.5 Å². The summed E-state index contributed by atoms with van der Waals surface area (Å²) in [6.07, 6.45) is -4.17. The second-order valence-electron chi connectivity index (χ2n) is 30.7. The highest BCUT2D eigenvalue weighted by molar-refractivity contribution is 14.0. The zero-order chi connectivity index (χ0) is 79.8. The lowest BCUT2D eigenvalue weighted by Crippen LogP contribution is -2.47. The number of phosphoric acid groups is 2. The fourth-order valence-electron chi connectivity index (χ4n) is 17.9. The molecule has 0 aliphatic heterocycles. The number of halogens is 12. The SMILES string of the molecule is C[C@]12CC[C@@H]3c4ccc(O)cc4C[C@@H](CCCS(=O)CCCC(F)(F)C(F)(F)F)[C@H]3[C@@H]1CC[C@@H]2O.C[C@]12CC[C@@H]3c4ccc(OCOP(=O)(OCc5ccccc5)OCc5ccccc5)cc4C[C@@H](CCCS(=O)CCCC(F)(F)C(F)(F)F)[C@H]3[C@@H]1CC[C@@H]2O.I.O=P(OCCl)(OCc1ccccc1)OCc1ccccc1. The van der Waals surface area contributed by atoms with Gasteiger partial charge in [-0.3, -0.25) is 31.0 Å². The highest BCUT2D eigenvalue weighted by Gasteiger charge is 2.60. The van der Waals surface area contributed by atoms with E-state index < -0.39 is 93.9 Å². The van der Waals surface area contributed by atoms with E-state index in [1.165, 1.54) is 11.1 Å². The van der Waals surface area contributed by atoms with E-state index >= 15 is 0 Å². The number of aromatic hydroxyl groups is 1. The number of ether oxygens (including phenoxy) is 1. The van der Waals surface area contributed by atoms with Crippen LogP contribution in [0.2, 0.25) is 0 Å². The molecular formula is C82H102ClF10IO14P2S2. The summed E-state index contributed by atoms with van der Waals surface area (Å²) in [5.74, 6) is -6.23. The van der Waals surface area contributed by atoms with Gasteiger partial charge in [-0.2, -0.15) is 43.9 Å². The predicted octanol–water partition coefficient (Wildman–Crippen LogP) is 22.2. The summed E-state index contributed by atoms with van der Waals surface area (Å²) in [4.78, 5) is 0. The maximum atomic E-state index is 13.7. The summed E-state index contributed by atoms with van der Waals surface area (Å²) in [7, 11) is -10.7. The molecule has 112 heavy (non-hydrogen) atoms. The minimum absolute atomic E-state index is 0. The number of fused-ring (bicyclic) bond motifs is 10. The first-order chi connectivity index (χ1) is 52.7. The Hall–Kier alpha value is -4.32. The molecule has 0 heterocycles. The monoisotopic (exact) mass is 1790 g/mol. The van der Waals surface area contributed by atoms with E-state index in [0.717, 1.165) is 97.6 Å². The second-order valence-corrected chi connectivity index (χ2v) is 37.6. The van der Waals surface area contributed by atoms with E-state index in [4.69, 9.17) is 43.5 Å². The molecule has 6 aliphatic carbocycles. The first kappa shape index (κ1) is 91.6. The van der Waals surface area contributed by atoms with Gasteiger partial charge in [0.05, 0.1) is 38.6 Å². The molecule has 620 valence electrons. The summed E-state index contributed by atoms with van der Waals surface area (Å²) in [6, 6.07) is 48.5. The van der Waals surface area contributed by atoms with Crippen molar-refractivity contribution in [3.05, 3.63) is 202 Å². The normalized spacial score (nSPS) is 25.3. The summed E-state index contributed by atoms with van der Waals surface area (Å²) in [5, 5.41) is 31.8. The van der Waals surface area contributed by atoms with Crippen LogP contribution in [0.25, 0.3) is 0 Å². The van der Waals surface area contributed by atoms with Crippen LogP contribution >= 0.6 is 51.2 Å². The van der Waals surface area contributed by atoms with Gasteiger partial charge in [0.1, 0.15) is 17.6 Å². The highest BCUT2D eigenvalue weighted by atomic mass is 127. The van der Waals surface area contributed by atoms with Crippen molar-refractivity contribution in [2.45, 2.75) is 204 Å². The Balaban J connectivity index is 0.000000215. The Morgan fingerprint density at radius 1 is 0.473 bits per heavy atom. The van der Waals surface area contributed by atoms with Crippen molar-refractivity contribution in [3.63, 3.8) is 0 Å². The van der Waals surface area contributed by atoms with Crippen LogP contribution in [0.4, 0.5) is 43.9 Å². The van der Waals surface area contributed by atoms with Gasteiger partial charge in [0.15, 0.2) is 6.79 Å². The zero-order valence-corrected chi connectivity index (χ0v) is 69.2. The van der Waals surface area contributed by atoms with Crippen LogP contribution in [0.3, 0.4) is 0 Å². The average Bonchev–Trinajstić information content (AvgIpc) is 1.47. The third-order valence-corrected chi connectivity index (χ3v) is 29.6. The number of alkyl halides is 11. The molecule has 6 aromatic carbocycles. The third kappa shape index (κ3) is 24.2. The number of hydrogen-bond acceptors (Lipinski definition) is 14. The predicted molar refractivity (Wildman–Crippen MR) is 422 cm³/mol. The quantitative estimate of drug-likeness (QED) is 0.0114. The van der Waals surface area contributed by atoms with Crippen LogP contribution in [-0.4, -0.2) is 96.0 Å².